The van der Waals surface area contributed by atoms with Crippen molar-refractivity contribution >= 4 is 69.1 Å². The Kier molecular flexibility index (Phi) is 6.53. The van der Waals surface area contributed by atoms with Crippen molar-refractivity contribution in [2.45, 2.75) is 5.16 Å². The van der Waals surface area contributed by atoms with E-state index in [1.54, 1.807) is 66.7 Å². The fraction of sp³-hybridized carbons (Fsp3) is 0.0455. The van der Waals surface area contributed by atoms with E-state index in [9.17, 15) is 9.59 Å². The quantitative estimate of drug-likeness (QED) is 0.272. The molecule has 0 unspecified atom stereocenters. The van der Waals surface area contributed by atoms with Crippen LogP contribution in [-0.4, -0.2) is 21.2 Å². The van der Waals surface area contributed by atoms with Crippen LogP contribution in [0.1, 0.15) is 0 Å². The number of amides is 1. The van der Waals surface area contributed by atoms with Crippen LogP contribution in [-0.2, 0) is 4.79 Å². The zero-order valence-electron chi connectivity index (χ0n) is 15.8. The van der Waals surface area contributed by atoms with E-state index < -0.39 is 0 Å². The molecule has 0 spiro atoms. The predicted molar refractivity (Wildman–Crippen MR) is 128 cm³/mol. The van der Waals surface area contributed by atoms with Gasteiger partial charge in [0.1, 0.15) is 0 Å². The zero-order valence-corrected chi connectivity index (χ0v) is 18.9. The molecular formula is C22H14Cl3N3O2S. The van der Waals surface area contributed by atoms with Crippen LogP contribution >= 0.6 is 46.6 Å². The molecule has 0 saturated carbocycles. The van der Waals surface area contributed by atoms with Gasteiger partial charge in [-0.1, -0.05) is 70.8 Å². The van der Waals surface area contributed by atoms with Gasteiger partial charge in [0.05, 0.1) is 38.1 Å². The van der Waals surface area contributed by atoms with Crippen LogP contribution in [0.25, 0.3) is 16.6 Å². The van der Waals surface area contributed by atoms with Gasteiger partial charge in [0.25, 0.3) is 5.56 Å². The normalized spacial score (nSPS) is 10.9. The second-order valence-electron chi connectivity index (χ2n) is 6.47. The maximum atomic E-state index is 13.2. The Bertz CT molecular complexity index is 1340. The predicted octanol–water partition coefficient (Wildman–Crippen LogP) is 6.08. The molecule has 1 aromatic heterocycles. The van der Waals surface area contributed by atoms with E-state index in [0.717, 1.165) is 11.8 Å². The summed E-state index contributed by atoms with van der Waals surface area (Å²) in [6, 6.07) is 18.9. The molecule has 0 aliphatic rings. The average molecular weight is 491 g/mol. The fourth-order valence-corrected chi connectivity index (χ4v) is 4.46. The van der Waals surface area contributed by atoms with E-state index in [1.165, 1.54) is 4.57 Å². The average Bonchev–Trinajstić information content (AvgIpc) is 2.75. The van der Waals surface area contributed by atoms with Crippen LogP contribution in [0.15, 0.2) is 76.7 Å². The number of halogens is 3. The Morgan fingerprint density at radius 2 is 1.68 bits per heavy atom. The first kappa shape index (κ1) is 21.7. The summed E-state index contributed by atoms with van der Waals surface area (Å²) >= 11 is 19.5. The van der Waals surface area contributed by atoms with Crippen molar-refractivity contribution in [3.05, 3.63) is 92.2 Å². The largest absolute Gasteiger partial charge is 0.323 e. The summed E-state index contributed by atoms with van der Waals surface area (Å²) in [7, 11) is 0. The summed E-state index contributed by atoms with van der Waals surface area (Å²) < 4.78 is 1.45. The molecule has 9 heteroatoms. The number of carbonyl (C=O) groups excluding carboxylic acids is 1. The van der Waals surface area contributed by atoms with Crippen LogP contribution in [0.2, 0.25) is 15.1 Å². The lowest BCUT2D eigenvalue weighted by Gasteiger charge is -2.14. The van der Waals surface area contributed by atoms with Crippen LogP contribution in [0.4, 0.5) is 5.69 Å². The first-order chi connectivity index (χ1) is 14.9. The second kappa shape index (κ2) is 9.32. The van der Waals surface area contributed by atoms with E-state index in [1.807, 2.05) is 0 Å². The Hall–Kier alpha value is -2.51. The van der Waals surface area contributed by atoms with Crippen LogP contribution in [0.3, 0.4) is 0 Å². The number of thioether (sulfide) groups is 1. The molecule has 4 rings (SSSR count). The van der Waals surface area contributed by atoms with Gasteiger partial charge in [-0.25, -0.2) is 4.98 Å². The monoisotopic (exact) mass is 489 g/mol. The minimum Gasteiger partial charge on any atom is -0.323 e. The molecule has 0 aliphatic carbocycles. The second-order valence-corrected chi connectivity index (χ2v) is 8.66. The van der Waals surface area contributed by atoms with Crippen molar-refractivity contribution in [2.75, 3.05) is 11.1 Å². The van der Waals surface area contributed by atoms with Gasteiger partial charge >= 0.3 is 0 Å². The number of nitrogens with one attached hydrogen (secondary N) is 1. The molecule has 1 N–H and O–H groups in total. The lowest BCUT2D eigenvalue weighted by Crippen LogP contribution is -2.23. The van der Waals surface area contributed by atoms with Gasteiger partial charge in [0, 0.05) is 5.02 Å². The minimum atomic E-state index is -0.333. The van der Waals surface area contributed by atoms with Gasteiger partial charge in [-0.05, 0) is 42.5 Å². The first-order valence-corrected chi connectivity index (χ1v) is 11.2. The molecule has 0 aliphatic heterocycles. The standard InChI is InChI=1S/C22H14Cl3N3O2S/c23-13-5-3-6-14(11-13)28-21(30)15-7-1-2-10-18(15)26-22(28)31-12-19(29)27-20-16(24)8-4-9-17(20)25/h1-11H,12H2,(H,27,29). The van der Waals surface area contributed by atoms with Crippen molar-refractivity contribution in [2.24, 2.45) is 0 Å². The Balaban J connectivity index is 1.69. The van der Waals surface area contributed by atoms with Gasteiger partial charge in [0.15, 0.2) is 5.16 Å². The number of aromatic nitrogens is 2. The molecule has 3 aromatic carbocycles. The summed E-state index contributed by atoms with van der Waals surface area (Å²) in [6.07, 6.45) is 0. The van der Waals surface area contributed by atoms with Gasteiger partial charge in [-0.2, -0.15) is 0 Å². The van der Waals surface area contributed by atoms with E-state index in [2.05, 4.69) is 10.3 Å². The molecule has 1 amide bonds. The number of rotatable bonds is 5. The van der Waals surface area contributed by atoms with Gasteiger partial charge in [-0.15, -0.1) is 0 Å². The molecule has 1 heterocycles. The number of hydrogen-bond acceptors (Lipinski definition) is 4. The molecule has 31 heavy (non-hydrogen) atoms. The highest BCUT2D eigenvalue weighted by atomic mass is 35.5. The number of anilines is 1. The molecule has 4 aromatic rings. The smallest absolute Gasteiger partial charge is 0.266 e. The van der Waals surface area contributed by atoms with E-state index in [-0.39, 0.29) is 17.2 Å². The summed E-state index contributed by atoms with van der Waals surface area (Å²) in [4.78, 5) is 30.4. The first-order valence-electron chi connectivity index (χ1n) is 9.08. The SMILES string of the molecule is O=C(CSc1nc2ccccc2c(=O)n1-c1cccc(Cl)c1)Nc1c(Cl)cccc1Cl. The van der Waals surface area contributed by atoms with Crippen molar-refractivity contribution in [3.63, 3.8) is 0 Å². The van der Waals surface area contributed by atoms with Gasteiger partial charge < -0.3 is 5.32 Å². The third kappa shape index (κ3) is 4.72. The van der Waals surface area contributed by atoms with Crippen molar-refractivity contribution < 1.29 is 4.79 Å². The molecule has 5 nitrogen and oxygen atoms in total. The summed E-state index contributed by atoms with van der Waals surface area (Å²) in [5, 5.41) is 4.71. The highest BCUT2D eigenvalue weighted by Crippen LogP contribution is 2.30. The van der Waals surface area contributed by atoms with Gasteiger partial charge in [0.2, 0.25) is 5.91 Å². The van der Waals surface area contributed by atoms with Crippen LogP contribution in [0, 0.1) is 0 Å². The molecule has 0 fully saturated rings. The van der Waals surface area contributed by atoms with E-state index in [4.69, 9.17) is 34.8 Å². The highest BCUT2D eigenvalue weighted by Gasteiger charge is 2.16. The molecular weight excluding hydrogens is 477 g/mol. The minimum absolute atomic E-state index is 0.00705. The third-order valence-electron chi connectivity index (χ3n) is 4.37. The van der Waals surface area contributed by atoms with E-state index in [0.29, 0.717) is 42.5 Å². The Morgan fingerprint density at radius 3 is 2.42 bits per heavy atom. The molecule has 0 bridgehead atoms. The number of para-hydroxylation sites is 2. The number of fused-ring (bicyclic) bond motifs is 1. The van der Waals surface area contributed by atoms with Crippen LogP contribution in [0.5, 0.6) is 0 Å². The van der Waals surface area contributed by atoms with E-state index >= 15 is 0 Å². The lowest BCUT2D eigenvalue weighted by molar-refractivity contribution is -0.113. The number of carbonyl (C=O) groups is 1. The Labute approximate surface area is 197 Å². The van der Waals surface area contributed by atoms with Crippen molar-refractivity contribution in [1.29, 1.82) is 0 Å². The van der Waals surface area contributed by atoms with Gasteiger partial charge in [-0.3, -0.25) is 14.2 Å². The molecule has 0 radical (unpaired) electrons. The van der Waals surface area contributed by atoms with Crippen molar-refractivity contribution in [3.8, 4) is 5.69 Å². The molecule has 0 atom stereocenters. The lowest BCUT2D eigenvalue weighted by atomic mass is 10.2. The number of benzene rings is 3. The highest BCUT2D eigenvalue weighted by molar-refractivity contribution is 7.99. The number of nitrogens with zero attached hydrogens (tertiary/aromatic N) is 2. The topological polar surface area (TPSA) is 64.0 Å². The van der Waals surface area contributed by atoms with Crippen LogP contribution < -0.4 is 10.9 Å². The zero-order chi connectivity index (χ0) is 22.0. The third-order valence-corrected chi connectivity index (χ3v) is 6.17. The Morgan fingerprint density at radius 1 is 0.968 bits per heavy atom. The summed E-state index contributed by atoms with van der Waals surface area (Å²) in [5.41, 5.74) is 1.20. The summed E-state index contributed by atoms with van der Waals surface area (Å²) in [5.74, 6) is -0.340. The van der Waals surface area contributed by atoms with Crippen molar-refractivity contribution in [1.82, 2.24) is 9.55 Å². The maximum absolute atomic E-state index is 13.2. The number of hydrogen-bond donors (Lipinski definition) is 1. The molecule has 0 saturated heterocycles. The summed E-state index contributed by atoms with van der Waals surface area (Å²) in [6.45, 7) is 0. The fourth-order valence-electron chi connectivity index (χ4n) is 2.97. The maximum Gasteiger partial charge on any atom is 0.266 e. The molecule has 156 valence electrons.